The summed E-state index contributed by atoms with van der Waals surface area (Å²) in [6.07, 6.45) is 3.37. The highest BCUT2D eigenvalue weighted by Gasteiger charge is 2.06. The highest BCUT2D eigenvalue weighted by molar-refractivity contribution is 6.16. The van der Waals surface area contributed by atoms with E-state index in [0.29, 0.717) is 5.88 Å². The number of nitrogens with zero attached hydrogens (tertiary/aromatic N) is 3. The summed E-state index contributed by atoms with van der Waals surface area (Å²) in [7, 11) is 3.58. The Bertz CT molecular complexity index is 516. The molecule has 94 valence electrons. The number of methoxy groups -OCH3 is 1. The summed E-state index contributed by atoms with van der Waals surface area (Å²) in [5.74, 6) is 1.95. The topological polar surface area (TPSA) is 38.2 Å². The minimum Gasteiger partial charge on any atom is -0.497 e. The van der Waals surface area contributed by atoms with E-state index in [9.17, 15) is 0 Å². The number of hydrogen-bond acceptors (Lipinski definition) is 4. The van der Waals surface area contributed by atoms with Gasteiger partial charge in [-0.25, -0.2) is 4.98 Å². The van der Waals surface area contributed by atoms with Gasteiger partial charge in [-0.2, -0.15) is 0 Å². The Hall–Kier alpha value is -1.81. The molecule has 0 unspecified atom stereocenters. The van der Waals surface area contributed by atoms with Gasteiger partial charge in [0.1, 0.15) is 5.75 Å². The van der Waals surface area contributed by atoms with Crippen LogP contribution in [0.5, 0.6) is 5.75 Å². The first-order valence-corrected chi connectivity index (χ1v) is 6.02. The average Bonchev–Trinajstić information content (AvgIpc) is 2.46. The van der Waals surface area contributed by atoms with Crippen LogP contribution in [0, 0.1) is 0 Å². The summed E-state index contributed by atoms with van der Waals surface area (Å²) in [6, 6.07) is 7.75. The molecular weight excluding hydrogens is 250 g/mol. The molecule has 0 N–H and O–H groups in total. The van der Waals surface area contributed by atoms with E-state index in [1.807, 2.05) is 36.2 Å². The van der Waals surface area contributed by atoms with Crippen LogP contribution in [0.1, 0.15) is 5.69 Å². The van der Waals surface area contributed by atoms with Crippen molar-refractivity contribution in [1.29, 1.82) is 0 Å². The van der Waals surface area contributed by atoms with E-state index < -0.39 is 0 Å². The summed E-state index contributed by atoms with van der Waals surface area (Å²) in [6.45, 7) is 0. The van der Waals surface area contributed by atoms with Crippen LogP contribution in [0.15, 0.2) is 36.7 Å². The van der Waals surface area contributed by atoms with E-state index in [-0.39, 0.29) is 0 Å². The second kappa shape index (κ2) is 5.69. The van der Waals surface area contributed by atoms with Crippen molar-refractivity contribution in [3.8, 4) is 5.75 Å². The maximum Gasteiger partial charge on any atom is 0.151 e. The van der Waals surface area contributed by atoms with Gasteiger partial charge in [0.25, 0.3) is 0 Å². The van der Waals surface area contributed by atoms with Crippen LogP contribution in [-0.2, 0) is 5.88 Å². The molecule has 0 aliphatic heterocycles. The van der Waals surface area contributed by atoms with Crippen LogP contribution in [-0.4, -0.2) is 24.1 Å². The van der Waals surface area contributed by atoms with Crippen LogP contribution in [0.4, 0.5) is 11.5 Å². The van der Waals surface area contributed by atoms with Crippen molar-refractivity contribution in [3.63, 3.8) is 0 Å². The van der Waals surface area contributed by atoms with Gasteiger partial charge < -0.3 is 9.64 Å². The number of ether oxygens (including phenoxy) is 1. The minimum absolute atomic E-state index is 0.358. The largest absolute Gasteiger partial charge is 0.497 e. The molecule has 0 amide bonds. The third-order valence-corrected chi connectivity index (χ3v) is 2.89. The molecule has 2 aromatic rings. The zero-order chi connectivity index (χ0) is 13.0. The zero-order valence-corrected chi connectivity index (χ0v) is 11.1. The molecule has 1 aromatic carbocycles. The lowest BCUT2D eigenvalue weighted by Crippen LogP contribution is -2.12. The number of alkyl halides is 1. The fourth-order valence-electron chi connectivity index (χ4n) is 1.56. The monoisotopic (exact) mass is 263 g/mol. The van der Waals surface area contributed by atoms with Crippen LogP contribution in [0.3, 0.4) is 0 Å². The highest BCUT2D eigenvalue weighted by atomic mass is 35.5. The summed E-state index contributed by atoms with van der Waals surface area (Å²) in [4.78, 5) is 10.5. The van der Waals surface area contributed by atoms with Crippen molar-refractivity contribution in [2.45, 2.75) is 5.88 Å². The summed E-state index contributed by atoms with van der Waals surface area (Å²) < 4.78 is 5.13. The van der Waals surface area contributed by atoms with Gasteiger partial charge in [-0.1, -0.05) is 0 Å². The van der Waals surface area contributed by atoms with E-state index in [1.165, 1.54) is 0 Å². The average molecular weight is 264 g/mol. The second-order valence-corrected chi connectivity index (χ2v) is 4.03. The van der Waals surface area contributed by atoms with Gasteiger partial charge in [0, 0.05) is 18.9 Å². The summed E-state index contributed by atoms with van der Waals surface area (Å²) in [5.41, 5.74) is 1.77. The molecule has 0 spiro atoms. The fourth-order valence-corrected chi connectivity index (χ4v) is 1.69. The number of benzene rings is 1. The predicted molar refractivity (Wildman–Crippen MR) is 72.6 cm³/mol. The van der Waals surface area contributed by atoms with Crippen molar-refractivity contribution in [2.75, 3.05) is 19.1 Å². The first-order chi connectivity index (χ1) is 8.74. The summed E-state index contributed by atoms with van der Waals surface area (Å²) >= 11 is 5.75. The van der Waals surface area contributed by atoms with Crippen molar-refractivity contribution in [3.05, 3.63) is 42.4 Å². The second-order valence-electron chi connectivity index (χ2n) is 3.76. The molecule has 4 nitrogen and oxygen atoms in total. The van der Waals surface area contributed by atoms with E-state index in [0.717, 1.165) is 22.9 Å². The molecule has 0 aliphatic rings. The molecule has 0 aliphatic carbocycles. The Labute approximate surface area is 111 Å². The van der Waals surface area contributed by atoms with Crippen molar-refractivity contribution >= 4 is 23.1 Å². The Kier molecular flexibility index (Phi) is 3.99. The normalized spacial score (nSPS) is 10.2. The molecule has 1 aromatic heterocycles. The third kappa shape index (κ3) is 2.71. The summed E-state index contributed by atoms with van der Waals surface area (Å²) in [5, 5.41) is 0. The van der Waals surface area contributed by atoms with Crippen LogP contribution in [0.25, 0.3) is 0 Å². The van der Waals surface area contributed by atoms with Gasteiger partial charge in [-0.05, 0) is 24.3 Å². The van der Waals surface area contributed by atoms with Crippen LogP contribution in [0.2, 0.25) is 0 Å². The molecular formula is C13H14ClN3O. The highest BCUT2D eigenvalue weighted by Crippen LogP contribution is 2.23. The molecule has 1 heterocycles. The Morgan fingerprint density at radius 2 is 1.94 bits per heavy atom. The molecule has 0 saturated carbocycles. The molecule has 0 atom stereocenters. The zero-order valence-electron chi connectivity index (χ0n) is 10.3. The smallest absolute Gasteiger partial charge is 0.151 e. The van der Waals surface area contributed by atoms with Gasteiger partial charge in [-0.3, -0.25) is 4.98 Å². The van der Waals surface area contributed by atoms with Crippen molar-refractivity contribution < 1.29 is 4.74 Å². The van der Waals surface area contributed by atoms with E-state index >= 15 is 0 Å². The van der Waals surface area contributed by atoms with Crippen LogP contribution >= 0.6 is 11.6 Å². The van der Waals surface area contributed by atoms with Gasteiger partial charge in [0.05, 0.1) is 24.9 Å². The van der Waals surface area contributed by atoms with E-state index in [4.69, 9.17) is 16.3 Å². The fraction of sp³-hybridized carbons (Fsp3) is 0.231. The molecule has 0 saturated heterocycles. The first-order valence-electron chi connectivity index (χ1n) is 5.49. The number of halogens is 1. The van der Waals surface area contributed by atoms with E-state index in [2.05, 4.69) is 9.97 Å². The number of anilines is 2. The van der Waals surface area contributed by atoms with Crippen LogP contribution < -0.4 is 9.64 Å². The number of hydrogen-bond donors (Lipinski definition) is 0. The Morgan fingerprint density at radius 3 is 2.56 bits per heavy atom. The molecule has 0 fully saturated rings. The Balaban J connectivity index is 2.25. The first kappa shape index (κ1) is 12.6. The predicted octanol–water partition coefficient (Wildman–Crippen LogP) is 2.99. The minimum atomic E-state index is 0.358. The molecule has 0 bridgehead atoms. The quantitative estimate of drug-likeness (QED) is 0.795. The van der Waals surface area contributed by atoms with Crippen molar-refractivity contribution in [1.82, 2.24) is 9.97 Å². The van der Waals surface area contributed by atoms with Gasteiger partial charge in [-0.15, -0.1) is 11.6 Å². The van der Waals surface area contributed by atoms with Gasteiger partial charge in [0.2, 0.25) is 0 Å². The lowest BCUT2D eigenvalue weighted by molar-refractivity contribution is 0.415. The number of rotatable bonds is 4. The maximum atomic E-state index is 5.75. The third-order valence-electron chi connectivity index (χ3n) is 2.61. The molecule has 0 radical (unpaired) electrons. The molecule has 5 heteroatoms. The van der Waals surface area contributed by atoms with E-state index in [1.54, 1.807) is 19.5 Å². The molecule has 2 rings (SSSR count). The Morgan fingerprint density at radius 1 is 1.22 bits per heavy atom. The van der Waals surface area contributed by atoms with Gasteiger partial charge >= 0.3 is 0 Å². The van der Waals surface area contributed by atoms with Crippen molar-refractivity contribution in [2.24, 2.45) is 0 Å². The lowest BCUT2D eigenvalue weighted by atomic mass is 10.3. The number of aromatic nitrogens is 2. The lowest BCUT2D eigenvalue weighted by Gasteiger charge is -2.18. The SMILES string of the molecule is COc1ccc(N(C)c2cncc(CCl)n2)cc1. The molecule has 18 heavy (non-hydrogen) atoms. The maximum absolute atomic E-state index is 5.75. The van der Waals surface area contributed by atoms with Gasteiger partial charge in [0.15, 0.2) is 5.82 Å². The standard InChI is InChI=1S/C13H14ClN3O/c1-17(11-3-5-12(18-2)6-4-11)13-9-15-8-10(7-14)16-13/h3-6,8-9H,7H2,1-2H3.